The Morgan fingerprint density at radius 2 is 1.00 bits per heavy atom. The molecule has 5 heavy (non-hydrogen) atoms. The molecule has 0 aliphatic rings. The van der Waals surface area contributed by atoms with E-state index in [9.17, 15) is 0 Å². The molecule has 0 aromatic rings. The van der Waals surface area contributed by atoms with Crippen LogP contribution in [0, 0.1) is 14.9 Å². The van der Waals surface area contributed by atoms with Gasteiger partial charge in [0.2, 0.25) is 0 Å². The second-order valence-electron chi connectivity index (χ2n) is 0. The Labute approximate surface area is 47.8 Å². The van der Waals surface area contributed by atoms with Gasteiger partial charge in [-0.3, -0.25) is 0 Å². The van der Waals surface area contributed by atoms with Gasteiger partial charge in [-0.25, -0.2) is 0 Å². The molecule has 0 amide bonds. The van der Waals surface area contributed by atoms with Crippen molar-refractivity contribution in [3.8, 4) is 0 Å². The van der Waals surface area contributed by atoms with Crippen molar-refractivity contribution in [1.82, 2.24) is 0 Å². The number of rotatable bonds is 0. The summed E-state index contributed by atoms with van der Waals surface area (Å²) in [4.78, 5) is 0. The molecule has 1 radical (unpaired) electrons. The van der Waals surface area contributed by atoms with Gasteiger partial charge >= 0.3 is 0 Å². The van der Waals surface area contributed by atoms with E-state index >= 15 is 0 Å². The standard InChI is InChI=1S/CH4O.2CH3.Ir/c1-2;;;/h2H,1H3;2*1H3;/q;2*-1;. The predicted molar refractivity (Wildman–Crippen MR) is 21.0 cm³/mol. The van der Waals surface area contributed by atoms with Gasteiger partial charge in [0, 0.05) is 27.2 Å². The first-order valence-corrected chi connectivity index (χ1v) is 0.447. The molecule has 0 rings (SSSR count). The van der Waals surface area contributed by atoms with Crippen LogP contribution in [-0.2, 0) is 20.1 Å². The number of hydrogen-bond acceptors (Lipinski definition) is 1. The van der Waals surface area contributed by atoms with Gasteiger partial charge in [-0.05, 0) is 0 Å². The van der Waals surface area contributed by atoms with Crippen LogP contribution in [0.5, 0.6) is 0 Å². The first-order chi connectivity index (χ1) is 1.00. The van der Waals surface area contributed by atoms with Crippen molar-refractivity contribution in [3.05, 3.63) is 14.9 Å². The zero-order valence-corrected chi connectivity index (χ0v) is 6.18. The first kappa shape index (κ1) is 46.0. The Kier molecular flexibility index (Phi) is 1490. The Bertz CT molecular complexity index is 6.85. The molecule has 0 fully saturated rings. The molecule has 0 aliphatic heterocycles. The Hall–Kier alpha value is 0.609. The maximum Gasteiger partial charge on any atom is 0.0319 e. The molecule has 1 nitrogen and oxygen atoms in total. The third-order valence-electron chi connectivity index (χ3n) is 0. The molecule has 0 bridgehead atoms. The van der Waals surface area contributed by atoms with Crippen LogP contribution in [0.1, 0.15) is 0 Å². The largest absolute Gasteiger partial charge is 0.400 e. The molecule has 0 saturated heterocycles. The van der Waals surface area contributed by atoms with Crippen LogP contribution in [0.25, 0.3) is 0 Å². The van der Waals surface area contributed by atoms with Crippen molar-refractivity contribution in [2.75, 3.05) is 7.11 Å². The van der Waals surface area contributed by atoms with Gasteiger partial charge < -0.3 is 20.0 Å². The third-order valence-corrected chi connectivity index (χ3v) is 0. The summed E-state index contributed by atoms with van der Waals surface area (Å²) in [5, 5.41) is 7.00. The van der Waals surface area contributed by atoms with Crippen LogP contribution in [0.2, 0.25) is 0 Å². The summed E-state index contributed by atoms with van der Waals surface area (Å²) in [6, 6.07) is 0. The molecule has 0 unspecified atom stereocenters. The number of aliphatic hydroxyl groups is 1. The van der Waals surface area contributed by atoms with Crippen molar-refractivity contribution in [1.29, 1.82) is 0 Å². The fourth-order valence-electron chi connectivity index (χ4n) is 0. The van der Waals surface area contributed by atoms with Crippen molar-refractivity contribution >= 4 is 0 Å². The summed E-state index contributed by atoms with van der Waals surface area (Å²) in [7, 11) is 1.00. The Balaban J connectivity index is -0.00000000167. The topological polar surface area (TPSA) is 20.2 Å². The third kappa shape index (κ3) is 84.5. The summed E-state index contributed by atoms with van der Waals surface area (Å²) >= 11 is 0. The normalized spacial score (nSPS) is 1.20. The fraction of sp³-hybridized carbons (Fsp3) is 0.333. The minimum atomic E-state index is 0. The maximum absolute atomic E-state index is 7.00. The predicted octanol–water partition coefficient (Wildman–Crippen LogP) is 0.507. The van der Waals surface area contributed by atoms with E-state index in [1.807, 2.05) is 0 Å². The van der Waals surface area contributed by atoms with Crippen LogP contribution >= 0.6 is 0 Å². The summed E-state index contributed by atoms with van der Waals surface area (Å²) in [6.45, 7) is 0. The smallest absolute Gasteiger partial charge is 0.0319 e. The molecule has 0 aromatic carbocycles. The van der Waals surface area contributed by atoms with E-state index in [1.54, 1.807) is 0 Å². The van der Waals surface area contributed by atoms with E-state index in [2.05, 4.69) is 0 Å². The van der Waals surface area contributed by atoms with Crippen molar-refractivity contribution in [2.24, 2.45) is 0 Å². The molecule has 0 aliphatic carbocycles. The summed E-state index contributed by atoms with van der Waals surface area (Å²) < 4.78 is 0. The maximum atomic E-state index is 7.00. The summed E-state index contributed by atoms with van der Waals surface area (Å²) in [6.07, 6.45) is 0. The van der Waals surface area contributed by atoms with Crippen molar-refractivity contribution in [3.63, 3.8) is 0 Å². The molecule has 0 spiro atoms. The van der Waals surface area contributed by atoms with Crippen molar-refractivity contribution in [2.45, 2.75) is 0 Å². The van der Waals surface area contributed by atoms with Crippen molar-refractivity contribution < 1.29 is 25.2 Å². The zero-order valence-electron chi connectivity index (χ0n) is 3.78. The van der Waals surface area contributed by atoms with Gasteiger partial charge in [-0.2, -0.15) is 0 Å². The molecule has 0 atom stereocenters. The van der Waals surface area contributed by atoms with Gasteiger partial charge in [-0.1, -0.05) is 0 Å². The second kappa shape index (κ2) is 162. The molecule has 0 saturated carbocycles. The van der Waals surface area contributed by atoms with Crippen LogP contribution in [0.15, 0.2) is 0 Å². The molecular formula is C3H10IrO-2. The number of hydrogen-bond donors (Lipinski definition) is 1. The van der Waals surface area contributed by atoms with Gasteiger partial charge in [-0.15, -0.1) is 0 Å². The minimum absolute atomic E-state index is 0. The molecular weight excluding hydrogens is 244 g/mol. The molecule has 1 N–H and O–H groups in total. The zero-order chi connectivity index (χ0) is 2.00. The summed E-state index contributed by atoms with van der Waals surface area (Å²) in [5.74, 6) is 0. The quantitative estimate of drug-likeness (QED) is 0.624. The second-order valence-corrected chi connectivity index (χ2v) is 0. The van der Waals surface area contributed by atoms with Crippen LogP contribution in [0.4, 0.5) is 0 Å². The molecule has 0 aromatic heterocycles. The van der Waals surface area contributed by atoms with Crippen LogP contribution in [-0.4, -0.2) is 12.2 Å². The monoisotopic (exact) mass is 255 g/mol. The van der Waals surface area contributed by atoms with Gasteiger partial charge in [0.15, 0.2) is 0 Å². The SMILES string of the molecule is CO.[CH3-].[CH3-].[Ir]. The molecule has 2 heteroatoms. The fourth-order valence-corrected chi connectivity index (χ4v) is 0. The van der Waals surface area contributed by atoms with Gasteiger partial charge in [0.1, 0.15) is 0 Å². The van der Waals surface area contributed by atoms with E-state index in [0.717, 1.165) is 7.11 Å². The summed E-state index contributed by atoms with van der Waals surface area (Å²) in [5.41, 5.74) is 0. The average Bonchev–Trinajstić information content (AvgIpc) is 1.00. The average molecular weight is 254 g/mol. The Morgan fingerprint density at radius 3 is 1.00 bits per heavy atom. The number of aliphatic hydroxyl groups excluding tert-OH is 1. The van der Waals surface area contributed by atoms with Crippen LogP contribution in [0.3, 0.4) is 0 Å². The van der Waals surface area contributed by atoms with E-state index in [0.29, 0.717) is 0 Å². The first-order valence-electron chi connectivity index (χ1n) is 0.447. The Morgan fingerprint density at radius 1 is 1.00 bits per heavy atom. The minimum Gasteiger partial charge on any atom is -0.400 e. The van der Waals surface area contributed by atoms with Gasteiger partial charge in [0.05, 0.1) is 0 Å². The van der Waals surface area contributed by atoms with Crippen LogP contribution < -0.4 is 0 Å². The van der Waals surface area contributed by atoms with Gasteiger partial charge in [0.25, 0.3) is 0 Å². The van der Waals surface area contributed by atoms with E-state index < -0.39 is 0 Å². The molecule has 39 valence electrons. The van der Waals surface area contributed by atoms with E-state index in [4.69, 9.17) is 5.11 Å². The van der Waals surface area contributed by atoms with E-state index in [1.165, 1.54) is 0 Å². The van der Waals surface area contributed by atoms with E-state index in [-0.39, 0.29) is 35.0 Å². The molecule has 0 heterocycles.